The van der Waals surface area contributed by atoms with Crippen LogP contribution in [0, 0.1) is 5.95 Å². The second-order valence-electron chi connectivity index (χ2n) is 3.54. The van der Waals surface area contributed by atoms with Gasteiger partial charge in [-0.3, -0.25) is 4.79 Å². The number of carbonyl (C=O) groups is 1. The van der Waals surface area contributed by atoms with E-state index in [1.54, 1.807) is 0 Å². The molecule has 0 spiro atoms. The minimum Gasteiger partial charge on any atom is -0.377 e. The van der Waals surface area contributed by atoms with Crippen molar-refractivity contribution in [1.82, 2.24) is 10.3 Å². The Morgan fingerprint density at radius 1 is 1.62 bits per heavy atom. The van der Waals surface area contributed by atoms with Gasteiger partial charge in [-0.1, -0.05) is 0 Å². The highest BCUT2D eigenvalue weighted by Crippen LogP contribution is 1.99. The van der Waals surface area contributed by atoms with E-state index in [0.29, 0.717) is 13.2 Å². The highest BCUT2D eigenvalue weighted by Gasteiger charge is 2.05. The van der Waals surface area contributed by atoms with Crippen molar-refractivity contribution in [3.05, 3.63) is 29.8 Å². The summed E-state index contributed by atoms with van der Waals surface area (Å²) in [5.74, 6) is -0.986. The van der Waals surface area contributed by atoms with Crippen molar-refractivity contribution >= 4 is 5.91 Å². The van der Waals surface area contributed by atoms with E-state index in [1.165, 1.54) is 12.3 Å². The van der Waals surface area contributed by atoms with Crippen LogP contribution in [-0.4, -0.2) is 30.1 Å². The molecular weight excluding hydrogens is 211 g/mol. The molecule has 0 atom stereocenters. The lowest BCUT2D eigenvalue weighted by atomic mass is 10.2. The first kappa shape index (κ1) is 12.6. The molecule has 1 aromatic heterocycles. The first-order chi connectivity index (χ1) is 7.59. The Bertz CT molecular complexity index is 356. The number of rotatable bonds is 5. The van der Waals surface area contributed by atoms with E-state index in [1.807, 2.05) is 13.8 Å². The van der Waals surface area contributed by atoms with Crippen LogP contribution in [0.25, 0.3) is 0 Å². The van der Waals surface area contributed by atoms with Gasteiger partial charge < -0.3 is 10.1 Å². The van der Waals surface area contributed by atoms with E-state index >= 15 is 0 Å². The molecule has 0 aliphatic heterocycles. The highest BCUT2D eigenvalue weighted by atomic mass is 19.1. The van der Waals surface area contributed by atoms with Crippen LogP contribution in [0.3, 0.4) is 0 Å². The Kier molecular flexibility index (Phi) is 4.85. The molecule has 0 aromatic carbocycles. The fraction of sp³-hybridized carbons (Fsp3) is 0.455. The number of nitrogens with zero attached hydrogens (tertiary/aromatic N) is 1. The molecule has 5 heteroatoms. The maximum Gasteiger partial charge on any atom is 0.251 e. The van der Waals surface area contributed by atoms with Gasteiger partial charge in [0.15, 0.2) is 0 Å². The minimum atomic E-state index is -0.661. The van der Waals surface area contributed by atoms with Crippen molar-refractivity contribution in [3.63, 3.8) is 0 Å². The molecular formula is C11H15FN2O2. The summed E-state index contributed by atoms with van der Waals surface area (Å²) in [6.07, 6.45) is 1.39. The number of hydrogen-bond donors (Lipinski definition) is 1. The van der Waals surface area contributed by atoms with Gasteiger partial charge in [0, 0.05) is 24.4 Å². The van der Waals surface area contributed by atoms with Crippen molar-refractivity contribution in [1.29, 1.82) is 0 Å². The van der Waals surface area contributed by atoms with E-state index < -0.39 is 5.95 Å². The summed E-state index contributed by atoms with van der Waals surface area (Å²) in [5.41, 5.74) is 0.261. The van der Waals surface area contributed by atoms with Gasteiger partial charge in [-0.25, -0.2) is 4.98 Å². The van der Waals surface area contributed by atoms with Gasteiger partial charge in [-0.2, -0.15) is 4.39 Å². The van der Waals surface area contributed by atoms with Crippen LogP contribution in [-0.2, 0) is 4.74 Å². The number of hydrogen-bond acceptors (Lipinski definition) is 3. The zero-order chi connectivity index (χ0) is 12.0. The maximum absolute atomic E-state index is 12.7. The normalized spacial score (nSPS) is 10.5. The molecule has 1 rings (SSSR count). The predicted octanol–water partition coefficient (Wildman–Crippen LogP) is 1.38. The van der Waals surface area contributed by atoms with Crippen LogP contribution in [0.15, 0.2) is 18.3 Å². The molecule has 1 heterocycles. The van der Waals surface area contributed by atoms with E-state index in [-0.39, 0.29) is 17.6 Å². The van der Waals surface area contributed by atoms with Crippen LogP contribution in [0.4, 0.5) is 4.39 Å². The topological polar surface area (TPSA) is 51.2 Å². The number of aromatic nitrogens is 1. The van der Waals surface area contributed by atoms with Crippen LogP contribution in [0.1, 0.15) is 24.2 Å². The largest absolute Gasteiger partial charge is 0.377 e. The van der Waals surface area contributed by atoms with E-state index in [9.17, 15) is 9.18 Å². The molecule has 0 radical (unpaired) electrons. The van der Waals surface area contributed by atoms with Crippen LogP contribution in [0.5, 0.6) is 0 Å². The summed E-state index contributed by atoms with van der Waals surface area (Å²) in [6.45, 7) is 4.68. The lowest BCUT2D eigenvalue weighted by molar-refractivity contribution is 0.0746. The van der Waals surface area contributed by atoms with E-state index in [0.717, 1.165) is 6.07 Å². The monoisotopic (exact) mass is 226 g/mol. The van der Waals surface area contributed by atoms with Crippen molar-refractivity contribution in [3.8, 4) is 0 Å². The Morgan fingerprint density at radius 3 is 3.00 bits per heavy atom. The summed E-state index contributed by atoms with van der Waals surface area (Å²) < 4.78 is 18.0. The molecule has 0 bridgehead atoms. The van der Waals surface area contributed by atoms with Crippen LogP contribution in [0.2, 0.25) is 0 Å². The quantitative estimate of drug-likeness (QED) is 0.609. The molecule has 1 amide bonds. The third kappa shape index (κ3) is 4.35. The average Bonchev–Trinajstić information content (AvgIpc) is 2.24. The van der Waals surface area contributed by atoms with Gasteiger partial charge >= 0.3 is 0 Å². The SMILES string of the molecule is CC(C)OCCNC(=O)c1ccnc(F)c1. The second-order valence-corrected chi connectivity index (χ2v) is 3.54. The number of carbonyl (C=O) groups excluding carboxylic acids is 1. The summed E-state index contributed by atoms with van der Waals surface area (Å²) in [6, 6.07) is 2.56. The molecule has 16 heavy (non-hydrogen) atoms. The molecule has 0 saturated heterocycles. The standard InChI is InChI=1S/C11H15FN2O2/c1-8(2)16-6-5-14-11(15)9-3-4-13-10(12)7-9/h3-4,7-8H,5-6H2,1-2H3,(H,14,15). The number of ether oxygens (including phenoxy) is 1. The molecule has 88 valence electrons. The second kappa shape index (κ2) is 6.17. The zero-order valence-electron chi connectivity index (χ0n) is 9.37. The minimum absolute atomic E-state index is 0.135. The van der Waals surface area contributed by atoms with Gasteiger partial charge in [0.2, 0.25) is 5.95 Å². The molecule has 0 saturated carbocycles. The number of nitrogens with one attached hydrogen (secondary N) is 1. The smallest absolute Gasteiger partial charge is 0.251 e. The van der Waals surface area contributed by atoms with Gasteiger partial charge in [0.25, 0.3) is 5.91 Å². The fourth-order valence-corrected chi connectivity index (χ4v) is 1.10. The number of halogens is 1. The third-order valence-corrected chi connectivity index (χ3v) is 1.83. The average molecular weight is 226 g/mol. The molecule has 0 unspecified atom stereocenters. The van der Waals surface area contributed by atoms with Gasteiger partial charge in [-0.05, 0) is 19.9 Å². The van der Waals surface area contributed by atoms with Crippen molar-refractivity contribution in [2.24, 2.45) is 0 Å². The highest BCUT2D eigenvalue weighted by molar-refractivity contribution is 5.93. The summed E-state index contributed by atoms with van der Waals surface area (Å²) >= 11 is 0. The van der Waals surface area contributed by atoms with Crippen LogP contribution < -0.4 is 5.32 Å². The molecule has 1 N–H and O–H groups in total. The maximum atomic E-state index is 12.7. The summed E-state index contributed by atoms with van der Waals surface area (Å²) in [5, 5.41) is 2.62. The Labute approximate surface area is 93.8 Å². The number of pyridine rings is 1. The van der Waals surface area contributed by atoms with Crippen molar-refractivity contribution < 1.29 is 13.9 Å². The molecule has 0 fully saturated rings. The van der Waals surface area contributed by atoms with Gasteiger partial charge in [0.05, 0.1) is 12.7 Å². The van der Waals surface area contributed by atoms with Crippen molar-refractivity contribution in [2.45, 2.75) is 20.0 Å². The van der Waals surface area contributed by atoms with Crippen LogP contribution >= 0.6 is 0 Å². The first-order valence-corrected chi connectivity index (χ1v) is 5.11. The molecule has 4 nitrogen and oxygen atoms in total. The van der Waals surface area contributed by atoms with E-state index in [2.05, 4.69) is 10.3 Å². The Hall–Kier alpha value is -1.49. The van der Waals surface area contributed by atoms with Gasteiger partial charge in [0.1, 0.15) is 0 Å². The molecule has 0 aliphatic rings. The molecule has 1 aromatic rings. The lowest BCUT2D eigenvalue weighted by Gasteiger charge is -2.08. The first-order valence-electron chi connectivity index (χ1n) is 5.11. The molecule has 0 aliphatic carbocycles. The fourth-order valence-electron chi connectivity index (χ4n) is 1.10. The Balaban J connectivity index is 2.35. The third-order valence-electron chi connectivity index (χ3n) is 1.83. The summed E-state index contributed by atoms with van der Waals surface area (Å²) in [7, 11) is 0. The van der Waals surface area contributed by atoms with Gasteiger partial charge in [-0.15, -0.1) is 0 Å². The zero-order valence-corrected chi connectivity index (χ0v) is 9.37. The lowest BCUT2D eigenvalue weighted by Crippen LogP contribution is -2.28. The summed E-state index contributed by atoms with van der Waals surface area (Å²) in [4.78, 5) is 14.9. The predicted molar refractivity (Wildman–Crippen MR) is 57.6 cm³/mol. The Morgan fingerprint density at radius 2 is 2.38 bits per heavy atom. The number of amides is 1. The van der Waals surface area contributed by atoms with E-state index in [4.69, 9.17) is 4.74 Å². The van der Waals surface area contributed by atoms with Crippen molar-refractivity contribution in [2.75, 3.05) is 13.2 Å².